The molecular weight excluding hydrogens is 68.9 g/mol. The summed E-state index contributed by atoms with van der Waals surface area (Å²) in [6, 6.07) is 0. The van der Waals surface area contributed by atoms with Crippen LogP contribution in [0.4, 0.5) is 0 Å². The predicted octanol–water partition coefficient (Wildman–Crippen LogP) is 0.349. The third-order valence-corrected chi connectivity index (χ3v) is 0.346. The van der Waals surface area contributed by atoms with Gasteiger partial charge in [0.15, 0.2) is 0 Å². The van der Waals surface area contributed by atoms with Crippen molar-refractivity contribution in [1.82, 2.24) is 0 Å². The second kappa shape index (κ2) is 3.21. The summed E-state index contributed by atoms with van der Waals surface area (Å²) >= 11 is 3.63. The molecule has 0 aromatic heterocycles. The van der Waals surface area contributed by atoms with Gasteiger partial charge < -0.3 is 0 Å². The van der Waals surface area contributed by atoms with Gasteiger partial charge in [-0.15, -0.1) is 0 Å². The second-order valence-corrected chi connectivity index (χ2v) is 0.605. The van der Waals surface area contributed by atoms with E-state index in [0.717, 1.165) is 0 Å². The number of thiol groups is 1. The van der Waals surface area contributed by atoms with E-state index in [1.54, 1.807) is 7.05 Å². The Bertz CT molecular complexity index is 23.2. The molecule has 22 valence electrons. The predicted molar refractivity (Wildman–Crippen MR) is 23.1 cm³/mol. The summed E-state index contributed by atoms with van der Waals surface area (Å²) in [5.74, 6) is 0. The molecule has 0 N–H and O–H groups in total. The Labute approximate surface area is 31.7 Å². The van der Waals surface area contributed by atoms with Gasteiger partial charge in [0, 0.05) is 0 Å². The van der Waals surface area contributed by atoms with E-state index in [2.05, 4.69) is 17.4 Å². The van der Waals surface area contributed by atoms with Gasteiger partial charge in [0.2, 0.25) is 0 Å². The van der Waals surface area contributed by atoms with Crippen molar-refractivity contribution >= 4 is 18.8 Å². The third kappa shape index (κ3) is 2.21. The van der Waals surface area contributed by atoms with Crippen LogP contribution in [0.15, 0.2) is 4.90 Å². The molecule has 3 heteroatoms. The van der Waals surface area contributed by atoms with E-state index in [1.165, 1.54) is 6.35 Å². The molecule has 0 aliphatic rings. The van der Waals surface area contributed by atoms with E-state index in [0.29, 0.717) is 0 Å². The minimum absolute atomic E-state index is 1.44. The van der Waals surface area contributed by atoms with E-state index < -0.39 is 0 Å². The van der Waals surface area contributed by atoms with E-state index in [9.17, 15) is 0 Å². The third-order valence-electron chi connectivity index (χ3n) is 0.115. The average Bonchev–Trinajstić information content (AvgIpc) is 1.37. The first-order chi connectivity index (χ1) is 1.91. The second-order valence-electron chi connectivity index (χ2n) is 0.374. The molecule has 0 spiro atoms. The molecule has 0 radical (unpaired) electrons. The zero-order valence-electron chi connectivity index (χ0n) is 2.47. The van der Waals surface area contributed by atoms with Crippen LogP contribution >= 0.6 is 12.5 Å². The Morgan fingerprint density at radius 1 is 2.00 bits per heavy atom. The molecule has 1 nitrogen and oxygen atoms in total. The van der Waals surface area contributed by atoms with E-state index >= 15 is 0 Å². The van der Waals surface area contributed by atoms with E-state index in [1.807, 2.05) is 0 Å². The molecule has 0 rings (SSSR count). The molecule has 0 saturated heterocycles. The fourth-order valence-electron chi connectivity index (χ4n) is 0. The van der Waals surface area contributed by atoms with E-state index in [4.69, 9.17) is 0 Å². The zero-order chi connectivity index (χ0) is 3.41. The van der Waals surface area contributed by atoms with Crippen LogP contribution < -0.4 is 0 Å². The van der Waals surface area contributed by atoms with Crippen LogP contribution in [0.25, 0.3) is 0 Å². The van der Waals surface area contributed by atoms with Gasteiger partial charge in [-0.2, -0.15) is 0 Å². The number of rotatable bonds is 0. The summed E-state index contributed by atoms with van der Waals surface area (Å²) in [5.41, 5.74) is 0. The molecule has 0 fully saturated rings. The molecular formula is CH4BNS. The Kier molecular flexibility index (Phi) is 3.39. The van der Waals surface area contributed by atoms with Gasteiger partial charge in [0.25, 0.3) is 0 Å². The summed E-state index contributed by atoms with van der Waals surface area (Å²) in [4.78, 5) is 3.48. The quantitative estimate of drug-likeness (QED) is 0.313. The van der Waals surface area contributed by atoms with Gasteiger partial charge in [0.05, 0.1) is 0 Å². The number of nitrogens with zero attached hydrogens (tertiary/aromatic N) is 1. The molecule has 0 unspecified atom stereocenters. The monoisotopic (exact) mass is 73.0 g/mol. The number of hydrogen-bond donors (Lipinski definition) is 1. The normalized spacial score (nSPS) is 7.50. The van der Waals surface area contributed by atoms with Crippen molar-refractivity contribution in [1.29, 1.82) is 0 Å². The Morgan fingerprint density at radius 2 is 2.25 bits per heavy atom. The van der Waals surface area contributed by atoms with Gasteiger partial charge in [-0.1, -0.05) is 0 Å². The number of hydrogen-bond acceptors (Lipinski definition) is 1. The van der Waals surface area contributed by atoms with Gasteiger partial charge in [-0.05, 0) is 0 Å². The molecule has 0 aliphatic carbocycles. The maximum atomic E-state index is 3.63. The van der Waals surface area contributed by atoms with Gasteiger partial charge >= 0.3 is 30.8 Å². The first-order valence-electron chi connectivity index (χ1n) is 0.964. The van der Waals surface area contributed by atoms with Crippen LogP contribution in [-0.4, -0.2) is 13.4 Å². The molecule has 0 amide bonds. The summed E-state index contributed by atoms with van der Waals surface area (Å²) in [7, 11) is 1.67. The minimum atomic E-state index is 1.44. The fourth-order valence-corrected chi connectivity index (χ4v) is 0. The Morgan fingerprint density at radius 3 is 2.25 bits per heavy atom. The van der Waals surface area contributed by atoms with Crippen molar-refractivity contribution in [3.63, 3.8) is 0 Å². The summed E-state index contributed by atoms with van der Waals surface area (Å²) in [5, 5.41) is 0. The Balaban J connectivity index is 2.55. The first kappa shape index (κ1) is 4.21. The average molecular weight is 72.9 g/mol. The van der Waals surface area contributed by atoms with Crippen LogP contribution in [0.5, 0.6) is 0 Å². The molecule has 0 bridgehead atoms. The molecule has 0 aliphatic heterocycles. The van der Waals surface area contributed by atoms with Crippen LogP contribution in [0.1, 0.15) is 0 Å². The van der Waals surface area contributed by atoms with Crippen molar-refractivity contribution < 1.29 is 0 Å². The van der Waals surface area contributed by atoms with Crippen molar-refractivity contribution in [2.24, 2.45) is 4.90 Å². The molecule has 0 heterocycles. The topological polar surface area (TPSA) is 12.4 Å². The van der Waals surface area contributed by atoms with Crippen LogP contribution in [0.3, 0.4) is 0 Å². The molecule has 4 heavy (non-hydrogen) atoms. The molecule has 0 aromatic rings. The Hall–Kier alpha value is 0.215. The van der Waals surface area contributed by atoms with Crippen molar-refractivity contribution in [2.45, 2.75) is 0 Å². The van der Waals surface area contributed by atoms with Gasteiger partial charge in [-0.25, -0.2) is 0 Å². The molecule has 0 atom stereocenters. The van der Waals surface area contributed by atoms with Crippen LogP contribution in [0, 0.1) is 0 Å². The molecule has 0 aromatic carbocycles. The summed E-state index contributed by atoms with van der Waals surface area (Å²) in [6.07, 6.45) is 1.44. The standard InChI is InChI=1S/CH4BNS/c1-3-2-4/h4H,1H3. The van der Waals surface area contributed by atoms with E-state index in [-0.39, 0.29) is 0 Å². The summed E-state index contributed by atoms with van der Waals surface area (Å²) in [6.45, 7) is 0. The SMILES string of the molecule is CN=BS. The van der Waals surface area contributed by atoms with Crippen molar-refractivity contribution in [3.8, 4) is 0 Å². The first-order valence-corrected chi connectivity index (χ1v) is 1.48. The summed E-state index contributed by atoms with van der Waals surface area (Å²) < 4.78 is 0. The molecule has 0 saturated carbocycles. The maximum absolute atomic E-state index is 3.63. The fraction of sp³-hybridized carbons (Fsp3) is 1.00. The van der Waals surface area contributed by atoms with Crippen LogP contribution in [-0.2, 0) is 0 Å². The van der Waals surface area contributed by atoms with Gasteiger partial charge in [0.1, 0.15) is 0 Å². The van der Waals surface area contributed by atoms with Crippen molar-refractivity contribution in [3.05, 3.63) is 0 Å². The van der Waals surface area contributed by atoms with Crippen LogP contribution in [0.2, 0.25) is 0 Å². The van der Waals surface area contributed by atoms with Crippen molar-refractivity contribution in [2.75, 3.05) is 7.05 Å². The zero-order valence-corrected chi connectivity index (χ0v) is 3.37. The van der Waals surface area contributed by atoms with Gasteiger partial charge in [-0.3, -0.25) is 0 Å².